The van der Waals surface area contributed by atoms with Crippen molar-refractivity contribution >= 4 is 22.8 Å². The predicted octanol–water partition coefficient (Wildman–Crippen LogP) is 2.27. The van der Waals surface area contributed by atoms with Crippen LogP contribution < -0.4 is 0 Å². The van der Waals surface area contributed by atoms with Crippen LogP contribution in [0.15, 0.2) is 41.4 Å². The Kier molecular flexibility index (Phi) is 4.37. The first-order valence-electron chi connectivity index (χ1n) is 4.58. The summed E-state index contributed by atoms with van der Waals surface area (Å²) in [5.74, 6) is -0.363. The van der Waals surface area contributed by atoms with Crippen molar-refractivity contribution in [1.29, 1.82) is 0 Å². The Morgan fingerprint density at radius 3 is 2.93 bits per heavy atom. The molecule has 1 aliphatic heterocycles. The van der Waals surface area contributed by atoms with Crippen molar-refractivity contribution in [3.05, 3.63) is 36.5 Å². The fourth-order valence-electron chi connectivity index (χ4n) is 1.08. The van der Waals surface area contributed by atoms with Gasteiger partial charge in [0.25, 0.3) is 0 Å². The lowest BCUT2D eigenvalue weighted by Gasteiger charge is -1.97. The van der Waals surface area contributed by atoms with Crippen molar-refractivity contribution in [2.45, 2.75) is 13.0 Å². The second-order valence-electron chi connectivity index (χ2n) is 2.95. The number of nitrogens with zero attached hydrogens (tertiary/aromatic N) is 1. The van der Waals surface area contributed by atoms with Gasteiger partial charge < -0.3 is 5.11 Å². The summed E-state index contributed by atoms with van der Waals surface area (Å²) < 4.78 is 0. The highest BCUT2D eigenvalue weighted by atomic mass is 32.2. The van der Waals surface area contributed by atoms with E-state index >= 15 is 0 Å². The maximum Gasteiger partial charge on any atom is 0.329 e. The molecule has 1 unspecified atom stereocenters. The van der Waals surface area contributed by atoms with Crippen molar-refractivity contribution in [2.75, 3.05) is 5.75 Å². The maximum atomic E-state index is 10.7. The lowest BCUT2D eigenvalue weighted by atomic mass is 10.2. The Morgan fingerprint density at radius 2 is 2.47 bits per heavy atom. The maximum absolute atomic E-state index is 10.7. The third kappa shape index (κ3) is 3.09. The van der Waals surface area contributed by atoms with E-state index in [1.54, 1.807) is 6.08 Å². The highest BCUT2D eigenvalue weighted by Gasteiger charge is 2.24. The number of aliphatic imine (C=N–C) groups is 1. The minimum Gasteiger partial charge on any atom is -0.480 e. The molecule has 0 radical (unpaired) electrons. The number of allylic oxidation sites excluding steroid dienone is 4. The van der Waals surface area contributed by atoms with E-state index < -0.39 is 12.0 Å². The van der Waals surface area contributed by atoms with Gasteiger partial charge in [-0.05, 0) is 6.92 Å². The molecule has 4 heteroatoms. The van der Waals surface area contributed by atoms with Crippen LogP contribution in [0, 0.1) is 0 Å². The Bertz CT molecular complexity index is 356. The van der Waals surface area contributed by atoms with E-state index in [4.69, 9.17) is 5.11 Å². The molecule has 3 nitrogen and oxygen atoms in total. The molecule has 0 aromatic rings. The first-order valence-corrected chi connectivity index (χ1v) is 5.56. The molecule has 0 aromatic carbocycles. The number of hydrogen-bond donors (Lipinski definition) is 1. The molecular formula is C11H13NO2S. The number of aliphatic carboxylic acids is 1. The lowest BCUT2D eigenvalue weighted by molar-refractivity contribution is -0.137. The number of carboxylic acid groups (broad SMARTS) is 1. The van der Waals surface area contributed by atoms with Crippen LogP contribution in [0.3, 0.4) is 0 Å². The van der Waals surface area contributed by atoms with Crippen LogP contribution in [0.5, 0.6) is 0 Å². The monoisotopic (exact) mass is 223 g/mol. The van der Waals surface area contributed by atoms with E-state index in [1.165, 1.54) is 11.8 Å². The van der Waals surface area contributed by atoms with Gasteiger partial charge in [0, 0.05) is 11.3 Å². The summed E-state index contributed by atoms with van der Waals surface area (Å²) in [6, 6.07) is -0.612. The number of thioether (sulfide) groups is 1. The minimum atomic E-state index is -0.869. The SMILES string of the molecule is C=C/C(=C\C=C/C)C1=NC(C(=O)O)CS1. The van der Waals surface area contributed by atoms with Gasteiger partial charge in [0.1, 0.15) is 0 Å². The molecule has 1 aliphatic rings. The van der Waals surface area contributed by atoms with Gasteiger partial charge in [-0.3, -0.25) is 4.99 Å². The molecule has 1 heterocycles. The third-order valence-electron chi connectivity index (χ3n) is 1.87. The smallest absolute Gasteiger partial charge is 0.329 e. The molecule has 0 saturated heterocycles. The molecule has 0 spiro atoms. The molecular weight excluding hydrogens is 210 g/mol. The predicted molar refractivity (Wildman–Crippen MR) is 64.4 cm³/mol. The summed E-state index contributed by atoms with van der Waals surface area (Å²) in [5, 5.41) is 9.54. The first kappa shape index (κ1) is 11.8. The molecule has 0 aliphatic carbocycles. The summed E-state index contributed by atoms with van der Waals surface area (Å²) in [6.45, 7) is 5.60. The van der Waals surface area contributed by atoms with E-state index in [0.717, 1.165) is 10.6 Å². The van der Waals surface area contributed by atoms with E-state index in [1.807, 2.05) is 25.2 Å². The Hall–Kier alpha value is -1.29. The summed E-state index contributed by atoms with van der Waals surface area (Å²) in [7, 11) is 0. The lowest BCUT2D eigenvalue weighted by Crippen LogP contribution is -2.17. The van der Waals surface area contributed by atoms with Crippen molar-refractivity contribution in [3.63, 3.8) is 0 Å². The molecule has 0 fully saturated rings. The molecule has 0 amide bonds. The summed E-state index contributed by atoms with van der Waals surface area (Å²) in [4.78, 5) is 14.8. The van der Waals surface area contributed by atoms with Crippen LogP contribution in [0.4, 0.5) is 0 Å². The Morgan fingerprint density at radius 1 is 1.73 bits per heavy atom. The van der Waals surface area contributed by atoms with Gasteiger partial charge in [0.15, 0.2) is 6.04 Å². The van der Waals surface area contributed by atoms with E-state index in [0.29, 0.717) is 5.75 Å². The van der Waals surface area contributed by atoms with Crippen LogP contribution in [-0.2, 0) is 4.79 Å². The van der Waals surface area contributed by atoms with E-state index in [9.17, 15) is 4.79 Å². The fourth-order valence-corrected chi connectivity index (χ4v) is 2.14. The molecule has 15 heavy (non-hydrogen) atoms. The summed E-state index contributed by atoms with van der Waals surface area (Å²) in [6.07, 6.45) is 7.35. The zero-order valence-corrected chi connectivity index (χ0v) is 9.33. The van der Waals surface area contributed by atoms with Gasteiger partial charge in [-0.2, -0.15) is 0 Å². The van der Waals surface area contributed by atoms with Crippen LogP contribution in [0.1, 0.15) is 6.92 Å². The quantitative estimate of drug-likeness (QED) is 0.744. The van der Waals surface area contributed by atoms with Crippen LogP contribution >= 0.6 is 11.8 Å². The molecule has 1 N–H and O–H groups in total. The van der Waals surface area contributed by atoms with Crippen molar-refractivity contribution < 1.29 is 9.90 Å². The topological polar surface area (TPSA) is 49.7 Å². The van der Waals surface area contributed by atoms with Gasteiger partial charge in [-0.25, -0.2) is 4.79 Å². The zero-order chi connectivity index (χ0) is 11.3. The second kappa shape index (κ2) is 5.56. The van der Waals surface area contributed by atoms with Gasteiger partial charge in [0.2, 0.25) is 0 Å². The Balaban J connectivity index is 2.84. The van der Waals surface area contributed by atoms with Gasteiger partial charge >= 0.3 is 5.97 Å². The standard InChI is InChI=1S/C11H13NO2S/c1-3-5-6-8(4-2)10-12-9(7-15-10)11(13)14/h3-6,9H,2,7H2,1H3,(H,13,14)/b5-3-,8-6+. The third-order valence-corrected chi connectivity index (χ3v) is 2.97. The van der Waals surface area contributed by atoms with Crippen LogP contribution in [0.25, 0.3) is 0 Å². The number of carboxylic acids is 1. The van der Waals surface area contributed by atoms with Gasteiger partial charge in [-0.15, -0.1) is 11.8 Å². The van der Waals surface area contributed by atoms with Gasteiger partial charge in [0.05, 0.1) is 5.04 Å². The average molecular weight is 223 g/mol. The molecule has 0 aromatic heterocycles. The molecule has 1 atom stereocenters. The number of hydrogen-bond acceptors (Lipinski definition) is 3. The summed E-state index contributed by atoms with van der Waals surface area (Å²) in [5.41, 5.74) is 0.877. The highest BCUT2D eigenvalue weighted by molar-refractivity contribution is 8.14. The molecule has 1 rings (SSSR count). The largest absolute Gasteiger partial charge is 0.480 e. The van der Waals surface area contributed by atoms with Crippen molar-refractivity contribution in [1.82, 2.24) is 0 Å². The second-order valence-corrected chi connectivity index (χ2v) is 3.96. The number of rotatable bonds is 4. The van der Waals surface area contributed by atoms with Crippen LogP contribution in [0.2, 0.25) is 0 Å². The number of carbonyl (C=O) groups is 1. The van der Waals surface area contributed by atoms with Crippen LogP contribution in [-0.4, -0.2) is 27.9 Å². The van der Waals surface area contributed by atoms with E-state index in [2.05, 4.69) is 11.6 Å². The summed E-state index contributed by atoms with van der Waals surface area (Å²) >= 11 is 1.46. The highest BCUT2D eigenvalue weighted by Crippen LogP contribution is 2.23. The van der Waals surface area contributed by atoms with Gasteiger partial charge in [-0.1, -0.05) is 30.9 Å². The first-order chi connectivity index (χ1) is 7.19. The van der Waals surface area contributed by atoms with Crippen molar-refractivity contribution in [3.8, 4) is 0 Å². The molecule has 80 valence electrons. The van der Waals surface area contributed by atoms with Crippen molar-refractivity contribution in [2.24, 2.45) is 4.99 Å². The zero-order valence-electron chi connectivity index (χ0n) is 8.51. The fraction of sp³-hybridized carbons (Fsp3) is 0.273. The minimum absolute atomic E-state index is 0.506. The molecule has 0 bridgehead atoms. The Labute approximate surface area is 93.3 Å². The molecule has 0 saturated carbocycles. The van der Waals surface area contributed by atoms with E-state index in [-0.39, 0.29) is 0 Å². The normalized spacial score (nSPS) is 21.8. The average Bonchev–Trinajstić information content (AvgIpc) is 2.68.